The van der Waals surface area contributed by atoms with Gasteiger partial charge in [-0.2, -0.15) is 10.1 Å². The average molecular weight is 463 g/mol. The first-order chi connectivity index (χ1) is 17.2. The zero-order valence-electron chi connectivity index (χ0n) is 20.1. The van der Waals surface area contributed by atoms with Crippen LogP contribution in [0.1, 0.15) is 65.9 Å². The number of aryl methyl sites for hydroxylation is 1. The molecule has 2 aliphatic rings. The number of hydrogen-bond acceptors (Lipinski definition) is 4. The van der Waals surface area contributed by atoms with E-state index in [9.17, 15) is 0 Å². The molecule has 6 rings (SSSR count). The maximum Gasteiger partial charge on any atom is 0.225 e. The number of H-pyrrole nitrogens is 1. The fraction of sp³-hybridized carbons (Fsp3) is 0.300. The smallest absolute Gasteiger partial charge is 0.225 e. The fourth-order valence-corrected chi connectivity index (χ4v) is 5.16. The third-order valence-corrected chi connectivity index (χ3v) is 7.11. The van der Waals surface area contributed by atoms with Crippen LogP contribution < -0.4 is 4.74 Å². The van der Waals surface area contributed by atoms with Crippen molar-refractivity contribution in [1.82, 2.24) is 20.2 Å². The Hall–Kier alpha value is -3.73. The lowest BCUT2D eigenvalue weighted by molar-refractivity contribution is 0.147. The Balaban J connectivity index is 1.32. The molecule has 0 aliphatic heterocycles. The van der Waals surface area contributed by atoms with Crippen molar-refractivity contribution in [2.45, 2.75) is 58.0 Å². The number of hydrogen-bond donors (Lipinski definition) is 1. The van der Waals surface area contributed by atoms with E-state index in [1.54, 1.807) is 0 Å². The van der Waals surface area contributed by atoms with Crippen LogP contribution in [0.15, 0.2) is 67.0 Å². The van der Waals surface area contributed by atoms with Crippen molar-refractivity contribution in [3.63, 3.8) is 0 Å². The highest BCUT2D eigenvalue weighted by Crippen LogP contribution is 2.39. The van der Waals surface area contributed by atoms with Crippen molar-refractivity contribution >= 4 is 5.57 Å². The molecule has 0 unspecified atom stereocenters. The Morgan fingerprint density at radius 3 is 2.40 bits per heavy atom. The standard InChI is InChI=1S/C30H30N4O/c1-20-7-11-23(12-8-20)26-15-16-27-29(26)30(35-25-5-3-2-4-6-25)34-28(33-27)17-21-9-13-22(14-10-21)24-18-31-32-19-24/h7-15,18-19,25H,2-6,16-17H2,1H3,(H,31,32). The van der Waals surface area contributed by atoms with E-state index in [2.05, 4.69) is 71.7 Å². The van der Waals surface area contributed by atoms with E-state index >= 15 is 0 Å². The number of aromatic amines is 1. The summed E-state index contributed by atoms with van der Waals surface area (Å²) in [4.78, 5) is 10.0. The molecule has 4 aromatic rings. The summed E-state index contributed by atoms with van der Waals surface area (Å²) in [7, 11) is 0. The minimum atomic E-state index is 0.240. The van der Waals surface area contributed by atoms with Gasteiger partial charge in [0.25, 0.3) is 0 Å². The van der Waals surface area contributed by atoms with Crippen molar-refractivity contribution in [2.24, 2.45) is 0 Å². The van der Waals surface area contributed by atoms with Gasteiger partial charge >= 0.3 is 0 Å². The Bertz CT molecular complexity index is 1330. The second-order valence-electron chi connectivity index (χ2n) is 9.69. The van der Waals surface area contributed by atoms with Gasteiger partial charge in [0.1, 0.15) is 11.9 Å². The van der Waals surface area contributed by atoms with Gasteiger partial charge in [0, 0.05) is 24.6 Å². The zero-order chi connectivity index (χ0) is 23.6. The molecule has 0 radical (unpaired) electrons. The Labute approximate surface area is 206 Å². The Morgan fingerprint density at radius 2 is 1.66 bits per heavy atom. The van der Waals surface area contributed by atoms with E-state index in [4.69, 9.17) is 14.7 Å². The number of allylic oxidation sites excluding steroid dienone is 1. The number of aromatic nitrogens is 4. The van der Waals surface area contributed by atoms with Crippen LogP contribution in [0.3, 0.4) is 0 Å². The van der Waals surface area contributed by atoms with E-state index < -0.39 is 0 Å². The summed E-state index contributed by atoms with van der Waals surface area (Å²) < 4.78 is 6.62. The summed E-state index contributed by atoms with van der Waals surface area (Å²) in [6, 6.07) is 17.3. The van der Waals surface area contributed by atoms with E-state index in [0.29, 0.717) is 6.42 Å². The van der Waals surface area contributed by atoms with Crippen molar-refractivity contribution in [3.05, 3.63) is 101 Å². The van der Waals surface area contributed by atoms with Gasteiger partial charge in [-0.3, -0.25) is 5.10 Å². The molecule has 2 aromatic carbocycles. The maximum absolute atomic E-state index is 6.62. The predicted octanol–water partition coefficient (Wildman–Crippen LogP) is 6.47. The van der Waals surface area contributed by atoms with Crippen molar-refractivity contribution in [3.8, 4) is 17.0 Å². The predicted molar refractivity (Wildman–Crippen MR) is 138 cm³/mol. The average Bonchev–Trinajstić information content (AvgIpc) is 3.57. The summed E-state index contributed by atoms with van der Waals surface area (Å²) in [5.41, 5.74) is 9.23. The van der Waals surface area contributed by atoms with Crippen LogP contribution in [0.4, 0.5) is 0 Å². The normalized spacial score (nSPS) is 15.6. The molecular weight excluding hydrogens is 432 g/mol. The number of rotatable bonds is 6. The quantitative estimate of drug-likeness (QED) is 0.357. The van der Waals surface area contributed by atoms with Gasteiger partial charge < -0.3 is 4.74 Å². The largest absolute Gasteiger partial charge is 0.474 e. The molecule has 2 aromatic heterocycles. The van der Waals surface area contributed by atoms with Crippen molar-refractivity contribution in [1.29, 1.82) is 0 Å². The van der Waals surface area contributed by atoms with Gasteiger partial charge in [-0.25, -0.2) is 4.98 Å². The summed E-state index contributed by atoms with van der Waals surface area (Å²) in [6.45, 7) is 2.12. The lowest BCUT2D eigenvalue weighted by Crippen LogP contribution is -2.21. The summed E-state index contributed by atoms with van der Waals surface area (Å²) in [5, 5.41) is 6.92. The molecule has 1 N–H and O–H groups in total. The molecule has 2 heterocycles. The second-order valence-corrected chi connectivity index (χ2v) is 9.69. The van der Waals surface area contributed by atoms with Gasteiger partial charge in [0.15, 0.2) is 0 Å². The highest BCUT2D eigenvalue weighted by atomic mass is 16.5. The van der Waals surface area contributed by atoms with E-state index in [-0.39, 0.29) is 6.10 Å². The van der Waals surface area contributed by atoms with Crippen LogP contribution in [0.5, 0.6) is 5.88 Å². The van der Waals surface area contributed by atoms with Crippen LogP contribution in [-0.4, -0.2) is 26.3 Å². The monoisotopic (exact) mass is 462 g/mol. The molecule has 0 atom stereocenters. The summed E-state index contributed by atoms with van der Waals surface area (Å²) in [5.74, 6) is 1.58. The fourth-order valence-electron chi connectivity index (χ4n) is 5.16. The molecule has 0 spiro atoms. The number of nitrogens with zero attached hydrogens (tertiary/aromatic N) is 3. The van der Waals surface area contributed by atoms with Gasteiger partial charge in [0.05, 0.1) is 17.5 Å². The SMILES string of the molecule is Cc1ccc(C2=CCc3nc(Cc4ccc(-c5cn[nH]c5)cc4)nc(OC4CCCCC4)c32)cc1. The minimum absolute atomic E-state index is 0.240. The molecule has 0 amide bonds. The van der Waals surface area contributed by atoms with Crippen LogP contribution in [-0.2, 0) is 12.8 Å². The van der Waals surface area contributed by atoms with E-state index in [0.717, 1.165) is 53.4 Å². The van der Waals surface area contributed by atoms with Crippen molar-refractivity contribution in [2.75, 3.05) is 0 Å². The van der Waals surface area contributed by atoms with Gasteiger partial charge in [-0.1, -0.05) is 66.6 Å². The highest BCUT2D eigenvalue weighted by Gasteiger charge is 2.27. The van der Waals surface area contributed by atoms with Gasteiger partial charge in [-0.15, -0.1) is 0 Å². The number of nitrogens with one attached hydrogen (secondary N) is 1. The summed E-state index contributed by atoms with van der Waals surface area (Å²) >= 11 is 0. The number of ether oxygens (including phenoxy) is 1. The number of benzene rings is 2. The molecule has 176 valence electrons. The molecule has 1 saturated carbocycles. The van der Waals surface area contributed by atoms with Crippen molar-refractivity contribution < 1.29 is 4.74 Å². The molecule has 35 heavy (non-hydrogen) atoms. The lowest BCUT2D eigenvalue weighted by Gasteiger charge is -2.24. The van der Waals surface area contributed by atoms with Gasteiger partial charge in [0.2, 0.25) is 5.88 Å². The third-order valence-electron chi connectivity index (χ3n) is 7.11. The topological polar surface area (TPSA) is 63.7 Å². The minimum Gasteiger partial charge on any atom is -0.474 e. The molecule has 1 fully saturated rings. The van der Waals surface area contributed by atoms with Crippen LogP contribution in [0, 0.1) is 6.92 Å². The van der Waals surface area contributed by atoms with Crippen LogP contribution >= 0.6 is 0 Å². The maximum atomic E-state index is 6.62. The molecule has 5 nitrogen and oxygen atoms in total. The first-order valence-corrected chi connectivity index (χ1v) is 12.6. The van der Waals surface area contributed by atoms with Crippen LogP contribution in [0.2, 0.25) is 0 Å². The molecular formula is C30H30N4O. The molecule has 0 saturated heterocycles. The second kappa shape index (κ2) is 9.49. The molecule has 5 heteroatoms. The Morgan fingerprint density at radius 1 is 0.886 bits per heavy atom. The zero-order valence-corrected chi connectivity index (χ0v) is 20.1. The van der Waals surface area contributed by atoms with Gasteiger partial charge in [-0.05, 0) is 54.9 Å². The highest BCUT2D eigenvalue weighted by molar-refractivity contribution is 5.86. The third kappa shape index (κ3) is 4.63. The first kappa shape index (κ1) is 21.8. The van der Waals surface area contributed by atoms with E-state index in [1.165, 1.54) is 41.5 Å². The summed E-state index contributed by atoms with van der Waals surface area (Å²) in [6.07, 6.45) is 13.7. The van der Waals surface area contributed by atoms with Crippen LogP contribution in [0.25, 0.3) is 16.7 Å². The van der Waals surface area contributed by atoms with E-state index in [1.807, 2.05) is 12.4 Å². The Kier molecular flexibility index (Phi) is 5.91. The number of fused-ring (bicyclic) bond motifs is 1. The molecule has 0 bridgehead atoms. The first-order valence-electron chi connectivity index (χ1n) is 12.6. The molecule has 2 aliphatic carbocycles. The lowest BCUT2D eigenvalue weighted by atomic mass is 9.97.